The molecule has 41 heavy (non-hydrogen) atoms. The number of halogens is 1. The van der Waals surface area contributed by atoms with Crippen molar-refractivity contribution in [3.8, 4) is 22.8 Å². The van der Waals surface area contributed by atoms with Gasteiger partial charge < -0.3 is 15.4 Å². The minimum absolute atomic E-state index is 0.0134. The van der Waals surface area contributed by atoms with Crippen LogP contribution in [0.4, 0.5) is 4.39 Å². The molecule has 1 aliphatic rings. The van der Waals surface area contributed by atoms with E-state index in [1.54, 1.807) is 11.4 Å². The summed E-state index contributed by atoms with van der Waals surface area (Å²) in [5.74, 6) is -0.725. The Kier molecular flexibility index (Phi) is 9.04. The summed E-state index contributed by atoms with van der Waals surface area (Å²) in [5.41, 5.74) is 3.67. The molecule has 1 fully saturated rings. The van der Waals surface area contributed by atoms with E-state index in [4.69, 9.17) is 4.74 Å². The van der Waals surface area contributed by atoms with Crippen LogP contribution in [0.1, 0.15) is 63.5 Å². The Morgan fingerprint density at radius 3 is 2.37 bits per heavy atom. The van der Waals surface area contributed by atoms with E-state index in [1.165, 1.54) is 16.9 Å². The van der Waals surface area contributed by atoms with Gasteiger partial charge in [0.1, 0.15) is 22.8 Å². The number of hydrogen-bond donors (Lipinski definition) is 2. The largest absolute Gasteiger partial charge is 0.438 e. The number of hydrogen-bond acceptors (Lipinski definition) is 6. The normalized spacial score (nSPS) is 16.7. The van der Waals surface area contributed by atoms with Gasteiger partial charge in [-0.1, -0.05) is 43.3 Å². The lowest BCUT2D eigenvalue weighted by Crippen LogP contribution is -2.44. The lowest BCUT2D eigenvalue weighted by atomic mass is 9.91. The number of benzene rings is 2. The van der Waals surface area contributed by atoms with Gasteiger partial charge in [-0.05, 0) is 80.3 Å². The van der Waals surface area contributed by atoms with Crippen molar-refractivity contribution in [1.29, 1.82) is 0 Å². The summed E-state index contributed by atoms with van der Waals surface area (Å²) in [5, 5.41) is 8.63. The van der Waals surface area contributed by atoms with E-state index in [1.807, 2.05) is 25.1 Å². The predicted molar refractivity (Wildman–Crippen MR) is 158 cm³/mol. The van der Waals surface area contributed by atoms with Gasteiger partial charge >= 0.3 is 0 Å². The van der Waals surface area contributed by atoms with Gasteiger partial charge in [0.25, 0.3) is 11.8 Å². The van der Waals surface area contributed by atoms with Gasteiger partial charge in [-0.2, -0.15) is 0 Å². The minimum Gasteiger partial charge on any atom is -0.438 e. The SMILES string of the molecule is [CH2]CCc1ccc(-c2cccc(Oc3ncc(F)cc3C(=O)NC3CCC(NC(=O)c4csc(C)n4)CC3)c2)cc1. The van der Waals surface area contributed by atoms with Crippen LogP contribution in [-0.2, 0) is 6.42 Å². The number of pyridine rings is 1. The average Bonchev–Trinajstić information content (AvgIpc) is 3.42. The van der Waals surface area contributed by atoms with Crippen molar-refractivity contribution in [2.45, 2.75) is 57.5 Å². The molecule has 5 rings (SSSR count). The standard InChI is InChI=1S/C32H32FN4O3S/c1-3-5-21-8-10-22(11-9-21)23-6-4-7-27(16-23)40-32-28(17-24(33)18-34-32)30(38)36-25-12-14-26(15-13-25)37-31(39)29-19-41-20(2)35-29/h4,6-11,16-19,25-26H,1,3,5,12-15H2,2H3,(H,36,38)(H,37,39). The summed E-state index contributed by atoms with van der Waals surface area (Å²) < 4.78 is 20.2. The van der Waals surface area contributed by atoms with E-state index in [-0.39, 0.29) is 29.4 Å². The Morgan fingerprint density at radius 2 is 1.71 bits per heavy atom. The molecular weight excluding hydrogens is 539 g/mol. The highest BCUT2D eigenvalue weighted by atomic mass is 32.1. The number of rotatable bonds is 9. The van der Waals surface area contributed by atoms with Crippen LogP contribution in [0.15, 0.2) is 66.2 Å². The second-order valence-electron chi connectivity index (χ2n) is 10.2. The first-order valence-corrected chi connectivity index (χ1v) is 14.6. The van der Waals surface area contributed by atoms with Gasteiger partial charge in [0.15, 0.2) is 0 Å². The Hall–Kier alpha value is -4.11. The highest BCUT2D eigenvalue weighted by Gasteiger charge is 2.26. The van der Waals surface area contributed by atoms with Gasteiger partial charge in [0.2, 0.25) is 5.88 Å². The molecule has 2 aromatic carbocycles. The summed E-state index contributed by atoms with van der Waals surface area (Å²) in [6.45, 7) is 5.77. The van der Waals surface area contributed by atoms with Crippen molar-refractivity contribution < 1.29 is 18.7 Å². The molecule has 2 N–H and O–H groups in total. The zero-order valence-corrected chi connectivity index (χ0v) is 23.7. The van der Waals surface area contributed by atoms with Crippen molar-refractivity contribution >= 4 is 23.2 Å². The monoisotopic (exact) mass is 571 g/mol. The molecule has 0 bridgehead atoms. The minimum atomic E-state index is -0.623. The van der Waals surface area contributed by atoms with Gasteiger partial charge in [0.05, 0.1) is 11.2 Å². The first-order chi connectivity index (χ1) is 19.9. The zero-order chi connectivity index (χ0) is 28.8. The molecule has 0 atom stereocenters. The van der Waals surface area contributed by atoms with Crippen LogP contribution < -0.4 is 15.4 Å². The van der Waals surface area contributed by atoms with Gasteiger partial charge in [-0.25, -0.2) is 14.4 Å². The van der Waals surface area contributed by atoms with Crippen LogP contribution in [0.5, 0.6) is 11.6 Å². The van der Waals surface area contributed by atoms with Crippen LogP contribution in [0.3, 0.4) is 0 Å². The van der Waals surface area contributed by atoms with Crippen molar-refractivity contribution in [3.05, 3.63) is 101 Å². The van der Waals surface area contributed by atoms with E-state index in [2.05, 4.69) is 51.8 Å². The predicted octanol–water partition coefficient (Wildman–Crippen LogP) is 6.68. The van der Waals surface area contributed by atoms with E-state index in [0.29, 0.717) is 37.1 Å². The second-order valence-corrected chi connectivity index (χ2v) is 11.2. The lowest BCUT2D eigenvalue weighted by Gasteiger charge is -2.29. The summed E-state index contributed by atoms with van der Waals surface area (Å²) in [7, 11) is 0. The number of nitrogens with zero attached hydrogens (tertiary/aromatic N) is 2. The van der Waals surface area contributed by atoms with Gasteiger partial charge in [-0.15, -0.1) is 11.3 Å². The molecule has 1 saturated carbocycles. The molecule has 2 aromatic heterocycles. The third-order valence-corrected chi connectivity index (χ3v) is 7.89. The summed E-state index contributed by atoms with van der Waals surface area (Å²) in [6.07, 6.45) is 5.60. The molecule has 0 unspecified atom stereocenters. The number of thiazole rings is 1. The fourth-order valence-corrected chi connectivity index (χ4v) is 5.55. The van der Waals surface area contributed by atoms with Crippen molar-refractivity contribution in [2.24, 2.45) is 0 Å². The lowest BCUT2D eigenvalue weighted by molar-refractivity contribution is 0.0888. The zero-order valence-electron chi connectivity index (χ0n) is 22.9. The van der Waals surface area contributed by atoms with Crippen LogP contribution in [0.2, 0.25) is 0 Å². The smallest absolute Gasteiger partial charge is 0.270 e. The maximum atomic E-state index is 14.2. The molecule has 2 amide bonds. The van der Waals surface area contributed by atoms with E-state index in [9.17, 15) is 14.0 Å². The molecule has 1 aliphatic carbocycles. The summed E-state index contributed by atoms with van der Waals surface area (Å²) in [6, 6.07) is 16.8. The van der Waals surface area contributed by atoms with E-state index >= 15 is 0 Å². The van der Waals surface area contributed by atoms with Gasteiger partial charge in [-0.3, -0.25) is 9.59 Å². The molecule has 1 radical (unpaired) electrons. The summed E-state index contributed by atoms with van der Waals surface area (Å²) in [4.78, 5) is 34.0. The topological polar surface area (TPSA) is 93.2 Å². The Balaban J connectivity index is 1.21. The van der Waals surface area contributed by atoms with Gasteiger partial charge in [0, 0.05) is 17.5 Å². The van der Waals surface area contributed by atoms with Crippen molar-refractivity contribution in [3.63, 3.8) is 0 Å². The number of aryl methyl sites for hydroxylation is 2. The number of carbonyl (C=O) groups is 2. The Morgan fingerprint density at radius 1 is 1.00 bits per heavy atom. The summed E-state index contributed by atoms with van der Waals surface area (Å²) >= 11 is 1.44. The molecule has 9 heteroatoms. The highest BCUT2D eigenvalue weighted by molar-refractivity contribution is 7.09. The number of amides is 2. The van der Waals surface area contributed by atoms with E-state index < -0.39 is 11.7 Å². The van der Waals surface area contributed by atoms with Crippen molar-refractivity contribution in [2.75, 3.05) is 0 Å². The quantitative estimate of drug-likeness (QED) is 0.234. The Labute approximate surface area is 243 Å². The third kappa shape index (κ3) is 7.35. The number of ether oxygens (including phenoxy) is 1. The van der Waals surface area contributed by atoms with Crippen LogP contribution >= 0.6 is 11.3 Å². The molecular formula is C32H32FN4O3S. The molecule has 2 heterocycles. The fourth-order valence-electron chi connectivity index (χ4n) is 4.96. The fraction of sp³-hybridized carbons (Fsp3) is 0.281. The number of nitrogens with one attached hydrogen (secondary N) is 2. The molecule has 4 aromatic rings. The first-order valence-electron chi connectivity index (χ1n) is 13.7. The third-order valence-electron chi connectivity index (χ3n) is 7.11. The molecule has 7 nitrogen and oxygen atoms in total. The maximum absolute atomic E-state index is 14.2. The number of carbonyl (C=O) groups excluding carboxylic acids is 2. The van der Waals surface area contributed by atoms with Crippen LogP contribution in [0.25, 0.3) is 11.1 Å². The molecule has 211 valence electrons. The molecule has 0 aliphatic heterocycles. The Bertz CT molecular complexity index is 1510. The highest BCUT2D eigenvalue weighted by Crippen LogP contribution is 2.29. The maximum Gasteiger partial charge on any atom is 0.270 e. The average molecular weight is 572 g/mol. The molecule has 0 spiro atoms. The van der Waals surface area contributed by atoms with Crippen LogP contribution in [0, 0.1) is 19.7 Å². The van der Waals surface area contributed by atoms with E-state index in [0.717, 1.165) is 41.2 Å². The first kappa shape index (κ1) is 28.4. The van der Waals surface area contributed by atoms with Crippen LogP contribution in [-0.4, -0.2) is 33.9 Å². The number of aromatic nitrogens is 2. The molecule has 0 saturated heterocycles. The second kappa shape index (κ2) is 13.0. The van der Waals surface area contributed by atoms with Crippen molar-refractivity contribution in [1.82, 2.24) is 20.6 Å².